The quantitative estimate of drug-likeness (QED) is 0.600. The first-order valence-electron chi connectivity index (χ1n) is 5.65. The Morgan fingerprint density at radius 1 is 1.06 bits per heavy atom. The van der Waals surface area contributed by atoms with Crippen molar-refractivity contribution >= 4 is 28.2 Å². The third-order valence-corrected chi connectivity index (χ3v) is 3.36. The van der Waals surface area contributed by atoms with E-state index in [0.29, 0.717) is 5.71 Å². The first-order valence-corrected chi connectivity index (χ1v) is 5.65. The summed E-state index contributed by atoms with van der Waals surface area (Å²) >= 11 is 0. The van der Waals surface area contributed by atoms with Crippen molar-refractivity contribution in [3.63, 3.8) is 0 Å². The Hall–Kier alpha value is -2.35. The van der Waals surface area contributed by atoms with Crippen molar-refractivity contribution in [1.82, 2.24) is 4.40 Å². The monoisotopic (exact) mass is 218 g/mol. The first-order chi connectivity index (χ1) is 8.34. The molecule has 1 aliphatic rings. The molecule has 0 fully saturated rings. The molecule has 0 saturated heterocycles. The lowest BCUT2D eigenvalue weighted by Gasteiger charge is -2.00. The first kappa shape index (κ1) is 8.76. The lowest BCUT2D eigenvalue weighted by molar-refractivity contribution is 1.22. The van der Waals surface area contributed by atoms with E-state index >= 15 is 0 Å². The fraction of sp³-hybridized carbons (Fsp3) is 0. The van der Waals surface area contributed by atoms with Gasteiger partial charge in [-0.2, -0.15) is 0 Å². The third-order valence-electron chi connectivity index (χ3n) is 3.36. The topological polar surface area (TPSA) is 28.3 Å². The second kappa shape index (κ2) is 2.86. The number of nitrogens with zero attached hydrogens (tertiary/aromatic N) is 1. The van der Waals surface area contributed by atoms with E-state index in [2.05, 4.69) is 46.9 Å². The van der Waals surface area contributed by atoms with Crippen molar-refractivity contribution in [1.29, 1.82) is 5.41 Å². The van der Waals surface area contributed by atoms with Crippen molar-refractivity contribution in [2.75, 3.05) is 0 Å². The van der Waals surface area contributed by atoms with Crippen LogP contribution in [-0.2, 0) is 0 Å². The van der Waals surface area contributed by atoms with Gasteiger partial charge in [0.05, 0.1) is 16.6 Å². The zero-order valence-electron chi connectivity index (χ0n) is 9.14. The highest BCUT2D eigenvalue weighted by Crippen LogP contribution is 2.20. The number of hydrogen-bond acceptors (Lipinski definition) is 1. The van der Waals surface area contributed by atoms with E-state index in [1.165, 1.54) is 16.4 Å². The van der Waals surface area contributed by atoms with Gasteiger partial charge in [0.1, 0.15) is 0 Å². The zero-order chi connectivity index (χ0) is 11.4. The van der Waals surface area contributed by atoms with E-state index in [1.54, 1.807) is 0 Å². The molecule has 0 amide bonds. The van der Waals surface area contributed by atoms with Gasteiger partial charge in [0.25, 0.3) is 0 Å². The summed E-state index contributed by atoms with van der Waals surface area (Å²) in [5.41, 5.74) is 3.99. The van der Waals surface area contributed by atoms with Crippen LogP contribution in [0.5, 0.6) is 0 Å². The normalized spacial score (nSPS) is 14.2. The number of hydrogen-bond donors (Lipinski definition) is 1. The lowest BCUT2D eigenvalue weighted by Crippen LogP contribution is -2.18. The molecule has 0 spiro atoms. The van der Waals surface area contributed by atoms with Crippen LogP contribution in [-0.4, -0.2) is 10.1 Å². The molecule has 0 bridgehead atoms. The van der Waals surface area contributed by atoms with Crippen molar-refractivity contribution in [2.45, 2.75) is 0 Å². The van der Waals surface area contributed by atoms with Crippen molar-refractivity contribution in [3.8, 4) is 0 Å². The van der Waals surface area contributed by atoms with Crippen LogP contribution in [0.1, 0.15) is 5.56 Å². The Labute approximate surface area is 98.0 Å². The number of para-hydroxylation sites is 1. The van der Waals surface area contributed by atoms with Crippen LogP contribution in [0.3, 0.4) is 0 Å². The number of rotatable bonds is 0. The maximum absolute atomic E-state index is 7.93. The maximum Gasteiger partial charge on any atom is 0.0634 e. The molecule has 2 heteroatoms. The molecular weight excluding hydrogens is 208 g/mol. The summed E-state index contributed by atoms with van der Waals surface area (Å²) < 4.78 is 2.22. The summed E-state index contributed by atoms with van der Waals surface area (Å²) in [5.74, 6) is 0. The highest BCUT2D eigenvalue weighted by Gasteiger charge is 2.12. The second-order valence-electron chi connectivity index (χ2n) is 4.35. The lowest BCUT2D eigenvalue weighted by atomic mass is 10.1. The zero-order valence-corrected chi connectivity index (χ0v) is 9.14. The predicted octanol–water partition coefficient (Wildman–Crippen LogP) is 2.53. The molecule has 3 aromatic rings. The Bertz CT molecular complexity index is 850. The van der Waals surface area contributed by atoms with Crippen LogP contribution in [0.25, 0.3) is 22.5 Å². The molecule has 2 heterocycles. The summed E-state index contributed by atoms with van der Waals surface area (Å²) in [6.45, 7) is 0. The molecule has 1 aromatic carbocycles. The highest BCUT2D eigenvalue weighted by molar-refractivity contribution is 6.10. The van der Waals surface area contributed by atoms with Gasteiger partial charge in [0.2, 0.25) is 0 Å². The van der Waals surface area contributed by atoms with Gasteiger partial charge in [0, 0.05) is 16.5 Å². The molecular formula is C15H10N2. The number of allylic oxidation sites excluding steroid dienone is 2. The molecule has 1 N–H and O–H groups in total. The molecule has 1 aliphatic carbocycles. The van der Waals surface area contributed by atoms with E-state index in [-0.39, 0.29) is 0 Å². The molecule has 0 aliphatic heterocycles. The molecule has 17 heavy (non-hydrogen) atoms. The van der Waals surface area contributed by atoms with Gasteiger partial charge in [-0.15, -0.1) is 0 Å². The fourth-order valence-electron chi connectivity index (χ4n) is 2.60. The molecule has 2 aromatic heterocycles. The number of aromatic nitrogens is 1. The molecule has 0 atom stereocenters. The molecule has 0 radical (unpaired) electrons. The summed E-state index contributed by atoms with van der Waals surface area (Å²) in [6, 6.07) is 12.6. The Balaban J connectivity index is 2.31. The average molecular weight is 218 g/mol. The van der Waals surface area contributed by atoms with Crippen LogP contribution in [0, 0.1) is 5.41 Å². The van der Waals surface area contributed by atoms with E-state index in [1.807, 2.05) is 12.2 Å². The summed E-state index contributed by atoms with van der Waals surface area (Å²) in [5, 5.41) is 10.3. The standard InChI is InChI=1S/C15H10N2/c16-13-5-3-7-15-12(13)9-11-8-10-4-1-2-6-14(10)17(11)15/h1-9,16H. The molecule has 2 nitrogen and oxygen atoms in total. The van der Waals surface area contributed by atoms with E-state index < -0.39 is 0 Å². The van der Waals surface area contributed by atoms with Gasteiger partial charge in [-0.1, -0.05) is 24.3 Å². The van der Waals surface area contributed by atoms with Crippen LogP contribution in [0.15, 0.2) is 48.6 Å². The van der Waals surface area contributed by atoms with Gasteiger partial charge >= 0.3 is 0 Å². The Morgan fingerprint density at radius 2 is 1.94 bits per heavy atom. The smallest absolute Gasteiger partial charge is 0.0634 e. The largest absolute Gasteiger partial charge is 0.309 e. The minimum absolute atomic E-state index is 0.593. The fourth-order valence-corrected chi connectivity index (χ4v) is 2.60. The van der Waals surface area contributed by atoms with Crippen molar-refractivity contribution < 1.29 is 0 Å². The van der Waals surface area contributed by atoms with Crippen LogP contribution >= 0.6 is 0 Å². The van der Waals surface area contributed by atoms with E-state index in [4.69, 9.17) is 5.41 Å². The maximum atomic E-state index is 7.93. The van der Waals surface area contributed by atoms with E-state index in [0.717, 1.165) is 10.9 Å². The molecule has 0 saturated carbocycles. The van der Waals surface area contributed by atoms with Gasteiger partial charge in [-0.3, -0.25) is 0 Å². The minimum Gasteiger partial charge on any atom is -0.309 e. The Kier molecular flexibility index (Phi) is 1.47. The average Bonchev–Trinajstić information content (AvgIpc) is 2.85. The minimum atomic E-state index is 0.593. The molecule has 4 rings (SSSR count). The predicted molar refractivity (Wildman–Crippen MR) is 70.6 cm³/mol. The molecule has 80 valence electrons. The third kappa shape index (κ3) is 1.02. The van der Waals surface area contributed by atoms with E-state index in [9.17, 15) is 0 Å². The summed E-state index contributed by atoms with van der Waals surface area (Å²) in [7, 11) is 0. The SMILES string of the molecule is N=C1C=CC=c2c1cc1cc3ccccc3n21. The van der Waals surface area contributed by atoms with Crippen LogP contribution < -0.4 is 5.35 Å². The van der Waals surface area contributed by atoms with Crippen LogP contribution in [0.4, 0.5) is 0 Å². The highest BCUT2D eigenvalue weighted by atomic mass is 14.9. The summed E-state index contributed by atoms with van der Waals surface area (Å²) in [6.07, 6.45) is 5.86. The Morgan fingerprint density at radius 3 is 2.88 bits per heavy atom. The van der Waals surface area contributed by atoms with Gasteiger partial charge < -0.3 is 9.81 Å². The second-order valence-corrected chi connectivity index (χ2v) is 4.35. The van der Waals surface area contributed by atoms with Gasteiger partial charge in [-0.05, 0) is 30.4 Å². The van der Waals surface area contributed by atoms with Crippen molar-refractivity contribution in [3.05, 3.63) is 59.5 Å². The van der Waals surface area contributed by atoms with Gasteiger partial charge in [-0.25, -0.2) is 0 Å². The number of fused-ring (bicyclic) bond motifs is 5. The van der Waals surface area contributed by atoms with Crippen molar-refractivity contribution in [2.24, 2.45) is 0 Å². The summed E-state index contributed by atoms with van der Waals surface area (Å²) in [4.78, 5) is 0. The van der Waals surface area contributed by atoms with Crippen LogP contribution in [0.2, 0.25) is 0 Å². The van der Waals surface area contributed by atoms with Gasteiger partial charge in [0.15, 0.2) is 0 Å². The number of nitrogens with one attached hydrogen (secondary N) is 1. The molecule has 0 unspecified atom stereocenters. The number of benzene rings is 1.